The lowest BCUT2D eigenvalue weighted by Crippen LogP contribution is -2.47. The Morgan fingerprint density at radius 2 is 1.60 bits per heavy atom. The maximum Gasteiger partial charge on any atom is 0.253 e. The van der Waals surface area contributed by atoms with Gasteiger partial charge >= 0.3 is 0 Å². The van der Waals surface area contributed by atoms with Crippen LogP contribution >= 0.6 is 0 Å². The summed E-state index contributed by atoms with van der Waals surface area (Å²) in [6, 6.07) is 7.30. The number of hydrogen-bond acceptors (Lipinski definition) is 3. The molecule has 1 aromatic rings. The average molecular weight is 414 g/mol. The van der Waals surface area contributed by atoms with E-state index < -0.39 is 5.41 Å². The molecule has 164 valence electrons. The van der Waals surface area contributed by atoms with Gasteiger partial charge in [0.05, 0.1) is 5.92 Å². The van der Waals surface area contributed by atoms with Gasteiger partial charge in [0, 0.05) is 35.8 Å². The van der Waals surface area contributed by atoms with Crippen LogP contribution in [0.3, 0.4) is 0 Å². The molecule has 2 N–H and O–H groups in total. The van der Waals surface area contributed by atoms with Crippen molar-refractivity contribution in [3.05, 3.63) is 29.8 Å². The molecule has 3 amide bonds. The molecule has 6 nitrogen and oxygen atoms in total. The molecule has 1 unspecified atom stereocenters. The van der Waals surface area contributed by atoms with Gasteiger partial charge < -0.3 is 15.5 Å². The van der Waals surface area contributed by atoms with Crippen LogP contribution in [0.2, 0.25) is 0 Å². The maximum atomic E-state index is 13.0. The van der Waals surface area contributed by atoms with Crippen molar-refractivity contribution in [1.29, 1.82) is 0 Å². The zero-order chi connectivity index (χ0) is 21.7. The van der Waals surface area contributed by atoms with E-state index in [1.165, 1.54) is 19.3 Å². The van der Waals surface area contributed by atoms with Gasteiger partial charge in [-0.3, -0.25) is 14.4 Å². The van der Waals surface area contributed by atoms with Gasteiger partial charge in [-0.1, -0.05) is 40.0 Å². The highest BCUT2D eigenvalue weighted by Gasteiger charge is 2.30. The molecule has 1 atom stereocenters. The van der Waals surface area contributed by atoms with Crippen LogP contribution in [-0.2, 0) is 9.59 Å². The van der Waals surface area contributed by atoms with Crippen molar-refractivity contribution in [2.75, 3.05) is 18.4 Å². The molecule has 2 fully saturated rings. The van der Waals surface area contributed by atoms with Crippen LogP contribution < -0.4 is 10.6 Å². The minimum absolute atomic E-state index is 0.0566. The van der Waals surface area contributed by atoms with Crippen molar-refractivity contribution in [1.82, 2.24) is 10.2 Å². The molecular formula is C24H35N3O3. The number of hydrogen-bond donors (Lipinski definition) is 2. The number of likely N-dealkylation sites (tertiary alicyclic amines) is 1. The first kappa shape index (κ1) is 22.3. The Labute approximate surface area is 179 Å². The highest BCUT2D eigenvalue weighted by atomic mass is 16.2. The van der Waals surface area contributed by atoms with Crippen LogP contribution in [0.15, 0.2) is 24.3 Å². The first-order chi connectivity index (χ1) is 14.2. The van der Waals surface area contributed by atoms with Crippen molar-refractivity contribution >= 4 is 23.4 Å². The number of benzene rings is 1. The summed E-state index contributed by atoms with van der Waals surface area (Å²) in [6.45, 7) is 6.72. The lowest BCUT2D eigenvalue weighted by atomic mass is 9.92. The summed E-state index contributed by atoms with van der Waals surface area (Å²) in [5.74, 6) is -0.155. The number of anilines is 1. The maximum absolute atomic E-state index is 13.0. The van der Waals surface area contributed by atoms with E-state index in [1.54, 1.807) is 29.2 Å². The molecule has 0 spiro atoms. The van der Waals surface area contributed by atoms with Gasteiger partial charge in [0.1, 0.15) is 0 Å². The smallest absolute Gasteiger partial charge is 0.253 e. The Bertz CT molecular complexity index is 761. The molecule has 3 rings (SSSR count). The average Bonchev–Trinajstić information content (AvgIpc) is 2.74. The highest BCUT2D eigenvalue weighted by molar-refractivity contribution is 5.97. The molecule has 6 heteroatoms. The van der Waals surface area contributed by atoms with Crippen molar-refractivity contribution in [3.8, 4) is 0 Å². The first-order valence-electron chi connectivity index (χ1n) is 11.3. The highest BCUT2D eigenvalue weighted by Crippen LogP contribution is 2.23. The number of nitrogens with zero attached hydrogens (tertiary/aromatic N) is 1. The Hall–Kier alpha value is -2.37. The summed E-state index contributed by atoms with van der Waals surface area (Å²) in [5.41, 5.74) is 0.780. The van der Waals surface area contributed by atoms with Crippen molar-refractivity contribution in [2.45, 2.75) is 71.8 Å². The second kappa shape index (κ2) is 9.63. The fourth-order valence-corrected chi connectivity index (χ4v) is 4.14. The molecule has 1 heterocycles. The van der Waals surface area contributed by atoms with E-state index in [-0.39, 0.29) is 23.6 Å². The summed E-state index contributed by atoms with van der Waals surface area (Å²) in [5, 5.41) is 6.08. The number of carbonyl (C=O) groups is 3. The molecule has 1 saturated heterocycles. The van der Waals surface area contributed by atoms with Crippen LogP contribution in [-0.4, -0.2) is 41.8 Å². The van der Waals surface area contributed by atoms with Crippen LogP contribution in [0.5, 0.6) is 0 Å². The van der Waals surface area contributed by atoms with Crippen LogP contribution in [0.4, 0.5) is 5.69 Å². The molecule has 2 aliphatic rings. The number of piperidine rings is 1. The summed E-state index contributed by atoms with van der Waals surface area (Å²) in [6.07, 6.45) is 7.45. The van der Waals surface area contributed by atoms with Gasteiger partial charge in [0.25, 0.3) is 5.91 Å². The normalized spacial score (nSPS) is 20.5. The number of amides is 3. The lowest BCUT2D eigenvalue weighted by molar-refractivity contribution is -0.127. The Kier molecular flexibility index (Phi) is 7.16. The third kappa shape index (κ3) is 5.83. The van der Waals surface area contributed by atoms with Gasteiger partial charge in [0.15, 0.2) is 0 Å². The van der Waals surface area contributed by atoms with E-state index in [0.29, 0.717) is 30.4 Å². The Balaban J connectivity index is 1.56. The molecule has 1 aromatic carbocycles. The molecular weight excluding hydrogens is 378 g/mol. The summed E-state index contributed by atoms with van der Waals surface area (Å²) in [4.78, 5) is 39.6. The van der Waals surface area contributed by atoms with E-state index in [9.17, 15) is 14.4 Å². The fraction of sp³-hybridized carbons (Fsp3) is 0.625. The SMILES string of the molecule is CC(C)(C)C(=O)Nc1ccc(C(=O)N2CCCC(C(=O)NC3CCCCC3)C2)cc1. The molecule has 1 aliphatic carbocycles. The summed E-state index contributed by atoms with van der Waals surface area (Å²) in [7, 11) is 0. The van der Waals surface area contributed by atoms with Crippen LogP contribution in [0, 0.1) is 11.3 Å². The van der Waals surface area contributed by atoms with Crippen molar-refractivity contribution in [3.63, 3.8) is 0 Å². The van der Waals surface area contributed by atoms with E-state index >= 15 is 0 Å². The minimum Gasteiger partial charge on any atom is -0.353 e. The van der Waals surface area contributed by atoms with Gasteiger partial charge in [0.2, 0.25) is 11.8 Å². The molecule has 0 radical (unpaired) electrons. The quantitative estimate of drug-likeness (QED) is 0.784. The minimum atomic E-state index is -0.477. The second-order valence-corrected chi connectivity index (χ2v) is 9.72. The summed E-state index contributed by atoms with van der Waals surface area (Å²) < 4.78 is 0. The topological polar surface area (TPSA) is 78.5 Å². The van der Waals surface area contributed by atoms with E-state index in [1.807, 2.05) is 20.8 Å². The molecule has 1 saturated carbocycles. The van der Waals surface area contributed by atoms with E-state index in [2.05, 4.69) is 10.6 Å². The Morgan fingerprint density at radius 3 is 2.23 bits per heavy atom. The van der Waals surface area contributed by atoms with Crippen molar-refractivity contribution in [2.24, 2.45) is 11.3 Å². The summed E-state index contributed by atoms with van der Waals surface area (Å²) >= 11 is 0. The molecule has 0 bridgehead atoms. The number of rotatable bonds is 4. The number of nitrogens with one attached hydrogen (secondary N) is 2. The predicted octanol–water partition coefficient (Wildman–Crippen LogP) is 3.97. The third-order valence-electron chi connectivity index (χ3n) is 6.10. The van der Waals surface area contributed by atoms with Gasteiger partial charge in [-0.15, -0.1) is 0 Å². The molecule has 30 heavy (non-hydrogen) atoms. The first-order valence-corrected chi connectivity index (χ1v) is 11.3. The van der Waals surface area contributed by atoms with Crippen LogP contribution in [0.1, 0.15) is 76.1 Å². The largest absolute Gasteiger partial charge is 0.353 e. The second-order valence-electron chi connectivity index (χ2n) is 9.72. The van der Waals surface area contributed by atoms with Crippen LogP contribution in [0.25, 0.3) is 0 Å². The molecule has 1 aliphatic heterocycles. The van der Waals surface area contributed by atoms with Crippen molar-refractivity contribution < 1.29 is 14.4 Å². The van der Waals surface area contributed by atoms with E-state index in [4.69, 9.17) is 0 Å². The zero-order valence-electron chi connectivity index (χ0n) is 18.5. The van der Waals surface area contributed by atoms with Gasteiger partial charge in [-0.2, -0.15) is 0 Å². The predicted molar refractivity (Wildman–Crippen MR) is 118 cm³/mol. The molecule has 0 aromatic heterocycles. The van der Waals surface area contributed by atoms with Gasteiger partial charge in [-0.25, -0.2) is 0 Å². The standard InChI is InChI=1S/C24H35N3O3/c1-24(2,3)23(30)26-20-13-11-17(12-14-20)22(29)27-15-7-8-18(16-27)21(28)25-19-9-5-4-6-10-19/h11-14,18-19H,4-10,15-16H2,1-3H3,(H,25,28)(H,26,30). The zero-order valence-corrected chi connectivity index (χ0v) is 18.5. The fourth-order valence-electron chi connectivity index (χ4n) is 4.14. The Morgan fingerprint density at radius 1 is 0.933 bits per heavy atom. The third-order valence-corrected chi connectivity index (χ3v) is 6.10. The van der Waals surface area contributed by atoms with E-state index in [0.717, 1.165) is 25.7 Å². The number of carbonyl (C=O) groups excluding carboxylic acids is 3. The lowest BCUT2D eigenvalue weighted by Gasteiger charge is -2.33. The van der Waals surface area contributed by atoms with Gasteiger partial charge in [-0.05, 0) is 49.9 Å². The monoisotopic (exact) mass is 413 g/mol.